The van der Waals surface area contributed by atoms with Crippen molar-refractivity contribution in [3.8, 4) is 22.6 Å². The lowest BCUT2D eigenvalue weighted by Gasteiger charge is -2.13. The fourth-order valence-corrected chi connectivity index (χ4v) is 2.68. The number of carbonyl (C=O) groups is 1. The Kier molecular flexibility index (Phi) is 4.48. The number of nitrogens with two attached hydrogens (primary N) is 1. The molecule has 6 nitrogen and oxygen atoms in total. The van der Waals surface area contributed by atoms with Gasteiger partial charge in [0.2, 0.25) is 10.0 Å². The number of primary sulfonamides is 1. The van der Waals surface area contributed by atoms with Crippen molar-refractivity contribution in [1.82, 2.24) is 0 Å². The fourth-order valence-electron chi connectivity index (χ4n) is 2.11. The first-order chi connectivity index (χ1) is 10.4. The number of aldehydes is 1. The lowest BCUT2D eigenvalue weighted by Crippen LogP contribution is -2.13. The van der Waals surface area contributed by atoms with Gasteiger partial charge in [-0.3, -0.25) is 4.79 Å². The summed E-state index contributed by atoms with van der Waals surface area (Å²) in [5.41, 5.74) is 1.19. The Morgan fingerprint density at radius 2 is 1.82 bits per heavy atom. The molecule has 0 aliphatic heterocycles. The molecule has 2 rings (SSSR count). The molecule has 116 valence electrons. The number of methoxy groups -OCH3 is 2. The Labute approximate surface area is 128 Å². The maximum Gasteiger partial charge on any atom is 0.238 e. The molecular formula is C15H15NO5S. The van der Waals surface area contributed by atoms with E-state index in [1.165, 1.54) is 26.4 Å². The largest absolute Gasteiger partial charge is 0.497 e. The standard InChI is InChI=1S/C15H15NO5S/c1-20-12-5-3-4-10(6-12)14-8-13(22(16,18)19)7-11(9-17)15(14)21-2/h3-9H,1-2H3,(H2,16,18,19). The molecule has 0 saturated heterocycles. The summed E-state index contributed by atoms with van der Waals surface area (Å²) < 4.78 is 33.6. The van der Waals surface area contributed by atoms with Gasteiger partial charge in [-0.2, -0.15) is 0 Å². The molecule has 7 heteroatoms. The van der Waals surface area contributed by atoms with Crippen LogP contribution in [0.15, 0.2) is 41.3 Å². The molecule has 0 aromatic heterocycles. The predicted octanol–water partition coefficient (Wildman–Crippen LogP) is 1.83. The number of carbonyl (C=O) groups excluding carboxylic acids is 1. The second-order valence-electron chi connectivity index (χ2n) is 4.49. The van der Waals surface area contributed by atoms with Crippen LogP contribution in [0.2, 0.25) is 0 Å². The number of sulfonamides is 1. The van der Waals surface area contributed by atoms with Gasteiger partial charge >= 0.3 is 0 Å². The lowest BCUT2D eigenvalue weighted by molar-refractivity contribution is 0.112. The van der Waals surface area contributed by atoms with Crippen LogP contribution in [0.5, 0.6) is 11.5 Å². The molecule has 0 atom stereocenters. The fraction of sp³-hybridized carbons (Fsp3) is 0.133. The Morgan fingerprint density at radius 1 is 1.09 bits per heavy atom. The highest BCUT2D eigenvalue weighted by molar-refractivity contribution is 7.89. The summed E-state index contributed by atoms with van der Waals surface area (Å²) in [7, 11) is -1.03. The van der Waals surface area contributed by atoms with E-state index in [4.69, 9.17) is 14.6 Å². The third-order valence-corrected chi connectivity index (χ3v) is 4.02. The Morgan fingerprint density at radius 3 is 2.36 bits per heavy atom. The zero-order valence-electron chi connectivity index (χ0n) is 12.1. The smallest absolute Gasteiger partial charge is 0.238 e. The maximum absolute atomic E-state index is 11.6. The van der Waals surface area contributed by atoms with Crippen LogP contribution < -0.4 is 14.6 Å². The molecule has 0 unspecified atom stereocenters. The number of hydrogen-bond donors (Lipinski definition) is 1. The SMILES string of the molecule is COc1cccc(-c2cc(S(N)(=O)=O)cc(C=O)c2OC)c1. The van der Waals surface area contributed by atoms with Crippen molar-refractivity contribution in [3.05, 3.63) is 42.0 Å². The van der Waals surface area contributed by atoms with E-state index in [1.807, 2.05) is 0 Å². The number of rotatable bonds is 5. The summed E-state index contributed by atoms with van der Waals surface area (Å²) in [5, 5.41) is 5.17. The van der Waals surface area contributed by atoms with Gasteiger partial charge in [-0.25, -0.2) is 13.6 Å². The van der Waals surface area contributed by atoms with E-state index < -0.39 is 10.0 Å². The first-order valence-corrected chi connectivity index (χ1v) is 7.79. The Hall–Kier alpha value is -2.38. The van der Waals surface area contributed by atoms with E-state index in [1.54, 1.807) is 24.3 Å². The van der Waals surface area contributed by atoms with Crippen molar-refractivity contribution >= 4 is 16.3 Å². The van der Waals surface area contributed by atoms with E-state index in [9.17, 15) is 13.2 Å². The third-order valence-electron chi connectivity index (χ3n) is 3.13. The van der Waals surface area contributed by atoms with Gasteiger partial charge in [0.05, 0.1) is 24.7 Å². The molecule has 0 aliphatic rings. The topological polar surface area (TPSA) is 95.7 Å². The summed E-state index contributed by atoms with van der Waals surface area (Å²) in [6.45, 7) is 0. The van der Waals surface area contributed by atoms with E-state index in [2.05, 4.69) is 0 Å². The summed E-state index contributed by atoms with van der Waals surface area (Å²) in [6.07, 6.45) is 0.525. The molecule has 0 amide bonds. The van der Waals surface area contributed by atoms with Gasteiger partial charge in [0, 0.05) is 5.56 Å². The molecule has 0 bridgehead atoms. The van der Waals surface area contributed by atoms with Crippen LogP contribution >= 0.6 is 0 Å². The molecule has 0 saturated carbocycles. The summed E-state index contributed by atoms with van der Waals surface area (Å²) in [6, 6.07) is 9.51. The van der Waals surface area contributed by atoms with Crippen molar-refractivity contribution in [1.29, 1.82) is 0 Å². The van der Waals surface area contributed by atoms with Crippen molar-refractivity contribution in [2.24, 2.45) is 5.14 Å². The second-order valence-corrected chi connectivity index (χ2v) is 6.05. The van der Waals surface area contributed by atoms with Gasteiger partial charge in [-0.05, 0) is 29.8 Å². The van der Waals surface area contributed by atoms with Gasteiger partial charge < -0.3 is 9.47 Å². The number of benzene rings is 2. The minimum absolute atomic E-state index is 0.104. The van der Waals surface area contributed by atoms with Gasteiger partial charge in [0.1, 0.15) is 11.5 Å². The molecule has 2 N–H and O–H groups in total. The van der Waals surface area contributed by atoms with Crippen LogP contribution in [-0.2, 0) is 10.0 Å². The molecule has 22 heavy (non-hydrogen) atoms. The van der Waals surface area contributed by atoms with E-state index >= 15 is 0 Å². The molecule has 0 spiro atoms. The average Bonchev–Trinajstić information content (AvgIpc) is 2.52. The zero-order valence-corrected chi connectivity index (χ0v) is 12.9. The predicted molar refractivity (Wildman–Crippen MR) is 81.7 cm³/mol. The van der Waals surface area contributed by atoms with Crippen LogP contribution in [0.4, 0.5) is 0 Å². The maximum atomic E-state index is 11.6. The third kappa shape index (κ3) is 3.10. The molecule has 0 heterocycles. The van der Waals surface area contributed by atoms with Crippen LogP contribution in [0.3, 0.4) is 0 Å². The highest BCUT2D eigenvalue weighted by Crippen LogP contribution is 2.36. The molecular weight excluding hydrogens is 306 g/mol. The van der Waals surface area contributed by atoms with Crippen molar-refractivity contribution in [3.63, 3.8) is 0 Å². The van der Waals surface area contributed by atoms with Crippen molar-refractivity contribution in [2.75, 3.05) is 14.2 Å². The Bertz CT molecular complexity index is 815. The molecule has 0 aliphatic carbocycles. The van der Waals surface area contributed by atoms with E-state index in [0.29, 0.717) is 23.2 Å². The highest BCUT2D eigenvalue weighted by atomic mass is 32.2. The lowest BCUT2D eigenvalue weighted by atomic mass is 10.0. The first-order valence-electron chi connectivity index (χ1n) is 6.25. The monoisotopic (exact) mass is 321 g/mol. The van der Waals surface area contributed by atoms with Gasteiger partial charge in [0.25, 0.3) is 0 Å². The van der Waals surface area contributed by atoms with Gasteiger partial charge in [-0.1, -0.05) is 12.1 Å². The van der Waals surface area contributed by atoms with Crippen LogP contribution in [0, 0.1) is 0 Å². The molecule has 2 aromatic carbocycles. The number of hydrogen-bond acceptors (Lipinski definition) is 5. The van der Waals surface area contributed by atoms with Crippen LogP contribution in [-0.4, -0.2) is 28.9 Å². The molecule has 0 radical (unpaired) electrons. The summed E-state index contributed by atoms with van der Waals surface area (Å²) >= 11 is 0. The average molecular weight is 321 g/mol. The van der Waals surface area contributed by atoms with Gasteiger partial charge in [0.15, 0.2) is 6.29 Å². The summed E-state index contributed by atoms with van der Waals surface area (Å²) in [5.74, 6) is 0.865. The molecule has 2 aromatic rings. The van der Waals surface area contributed by atoms with Gasteiger partial charge in [-0.15, -0.1) is 0 Å². The van der Waals surface area contributed by atoms with E-state index in [-0.39, 0.29) is 16.2 Å². The van der Waals surface area contributed by atoms with Crippen LogP contribution in [0.25, 0.3) is 11.1 Å². The quantitative estimate of drug-likeness (QED) is 0.848. The van der Waals surface area contributed by atoms with Crippen LogP contribution in [0.1, 0.15) is 10.4 Å². The normalized spacial score (nSPS) is 11.0. The number of ether oxygens (including phenoxy) is 2. The van der Waals surface area contributed by atoms with E-state index in [0.717, 1.165) is 0 Å². The highest BCUT2D eigenvalue weighted by Gasteiger charge is 2.18. The zero-order chi connectivity index (χ0) is 16.3. The summed E-state index contributed by atoms with van der Waals surface area (Å²) in [4.78, 5) is 11.1. The second kappa shape index (κ2) is 6.17. The Balaban J connectivity index is 2.79. The molecule has 0 fully saturated rings. The first kappa shape index (κ1) is 16.0. The van der Waals surface area contributed by atoms with Crippen molar-refractivity contribution < 1.29 is 22.7 Å². The minimum atomic E-state index is -3.95. The van der Waals surface area contributed by atoms with Crippen molar-refractivity contribution in [2.45, 2.75) is 4.90 Å². The minimum Gasteiger partial charge on any atom is -0.497 e.